The molecule has 1 aromatic heterocycles. The van der Waals surface area contributed by atoms with Crippen LogP contribution in [0.5, 0.6) is 5.75 Å². The lowest BCUT2D eigenvalue weighted by Gasteiger charge is -2.15. The molecule has 0 bridgehead atoms. The van der Waals surface area contributed by atoms with Gasteiger partial charge in [-0.05, 0) is 37.3 Å². The quantitative estimate of drug-likeness (QED) is 0.886. The van der Waals surface area contributed by atoms with E-state index < -0.39 is 0 Å². The van der Waals surface area contributed by atoms with Crippen LogP contribution in [0.4, 0.5) is 0 Å². The molecule has 0 aliphatic heterocycles. The molecule has 2 aromatic rings. The Balaban J connectivity index is 1.79. The molecule has 0 fully saturated rings. The second kappa shape index (κ2) is 7.66. The maximum absolute atomic E-state index is 11.8. The van der Waals surface area contributed by atoms with Gasteiger partial charge in [-0.2, -0.15) is 0 Å². The Hall–Kier alpha value is -2.27. The summed E-state index contributed by atoms with van der Waals surface area (Å²) in [6.07, 6.45) is 1.38. The Bertz CT molecular complexity index is 682. The molecule has 0 saturated carbocycles. The van der Waals surface area contributed by atoms with Crippen LogP contribution in [-0.4, -0.2) is 23.1 Å². The first-order chi connectivity index (χ1) is 10.5. The molecule has 1 heterocycles. The number of amides is 1. The first-order valence-corrected chi connectivity index (χ1v) is 7.27. The molecule has 0 aliphatic rings. The number of carbonyl (C=O) groups excluding carboxylic acids is 1. The van der Waals surface area contributed by atoms with E-state index in [0.29, 0.717) is 17.3 Å². The monoisotopic (exact) mass is 320 g/mol. The summed E-state index contributed by atoms with van der Waals surface area (Å²) < 4.78 is 7.00. The maximum Gasteiger partial charge on any atom is 0.250 e. The molecule has 2 rings (SSSR count). The zero-order chi connectivity index (χ0) is 15.9. The number of benzene rings is 1. The van der Waals surface area contributed by atoms with Crippen LogP contribution in [0.3, 0.4) is 0 Å². The first-order valence-electron chi connectivity index (χ1n) is 6.89. The Kier molecular flexibility index (Phi) is 5.61. The number of nitrogens with zero attached hydrogens (tertiary/aromatic N) is 1. The van der Waals surface area contributed by atoms with Crippen molar-refractivity contribution in [2.24, 2.45) is 0 Å². The van der Waals surface area contributed by atoms with Gasteiger partial charge in [0.05, 0.1) is 6.54 Å². The third kappa shape index (κ3) is 4.93. The Morgan fingerprint density at radius 2 is 2.00 bits per heavy atom. The summed E-state index contributed by atoms with van der Waals surface area (Å²) in [5.74, 6) is 0.449. The highest BCUT2D eigenvalue weighted by Crippen LogP contribution is 2.16. The van der Waals surface area contributed by atoms with Crippen molar-refractivity contribution in [3.63, 3.8) is 0 Å². The fourth-order valence-corrected chi connectivity index (χ4v) is 1.97. The second-order valence-corrected chi connectivity index (χ2v) is 5.29. The van der Waals surface area contributed by atoms with E-state index >= 15 is 0 Å². The zero-order valence-corrected chi connectivity index (χ0v) is 12.9. The van der Waals surface area contributed by atoms with Crippen LogP contribution in [0.1, 0.15) is 6.92 Å². The lowest BCUT2D eigenvalue weighted by atomic mass is 10.3. The fraction of sp³-hybridized carbons (Fsp3) is 0.250. The second-order valence-electron chi connectivity index (χ2n) is 4.85. The normalized spacial score (nSPS) is 11.7. The van der Waals surface area contributed by atoms with E-state index in [1.54, 1.807) is 42.6 Å². The van der Waals surface area contributed by atoms with Crippen molar-refractivity contribution in [2.45, 2.75) is 19.6 Å². The van der Waals surface area contributed by atoms with E-state index in [9.17, 15) is 9.59 Å². The lowest BCUT2D eigenvalue weighted by molar-refractivity contribution is -0.122. The van der Waals surface area contributed by atoms with Crippen LogP contribution in [0, 0.1) is 0 Å². The summed E-state index contributed by atoms with van der Waals surface area (Å²) in [6, 6.07) is 11.8. The van der Waals surface area contributed by atoms with Crippen LogP contribution in [0.15, 0.2) is 53.5 Å². The fourth-order valence-electron chi connectivity index (χ4n) is 1.85. The summed E-state index contributed by atoms with van der Waals surface area (Å²) in [6.45, 7) is 2.19. The lowest BCUT2D eigenvalue weighted by Crippen LogP contribution is -2.37. The van der Waals surface area contributed by atoms with Crippen molar-refractivity contribution in [2.75, 3.05) is 6.54 Å². The molecule has 5 nitrogen and oxygen atoms in total. The first kappa shape index (κ1) is 16.1. The molecule has 6 heteroatoms. The number of nitrogens with one attached hydrogen (secondary N) is 1. The predicted octanol–water partition coefficient (Wildman–Crippen LogP) is 2.09. The number of hydrogen-bond donors (Lipinski definition) is 1. The van der Waals surface area contributed by atoms with Crippen LogP contribution in [-0.2, 0) is 11.3 Å². The summed E-state index contributed by atoms with van der Waals surface area (Å²) in [5.41, 5.74) is -0.205. The van der Waals surface area contributed by atoms with Crippen molar-refractivity contribution in [3.05, 3.63) is 64.0 Å². The third-order valence-corrected chi connectivity index (χ3v) is 3.20. The van der Waals surface area contributed by atoms with Gasteiger partial charge in [0.15, 0.2) is 0 Å². The van der Waals surface area contributed by atoms with Crippen LogP contribution in [0.25, 0.3) is 0 Å². The van der Waals surface area contributed by atoms with Crippen molar-refractivity contribution >= 4 is 17.5 Å². The van der Waals surface area contributed by atoms with Crippen LogP contribution >= 0.6 is 11.6 Å². The topological polar surface area (TPSA) is 60.3 Å². The highest BCUT2D eigenvalue weighted by atomic mass is 35.5. The minimum absolute atomic E-state index is 0.00661. The van der Waals surface area contributed by atoms with E-state index in [0.717, 1.165) is 0 Å². The Morgan fingerprint density at radius 3 is 2.68 bits per heavy atom. The van der Waals surface area contributed by atoms with Gasteiger partial charge in [-0.3, -0.25) is 9.59 Å². The molecule has 0 unspecified atom stereocenters. The average Bonchev–Trinajstić information content (AvgIpc) is 2.50. The van der Waals surface area contributed by atoms with Crippen molar-refractivity contribution in [3.8, 4) is 5.75 Å². The molecule has 1 aromatic carbocycles. The maximum atomic E-state index is 11.8. The molecule has 22 heavy (non-hydrogen) atoms. The molecular formula is C16H17ClN2O3. The van der Waals surface area contributed by atoms with Crippen LogP contribution < -0.4 is 15.6 Å². The van der Waals surface area contributed by atoms with Crippen molar-refractivity contribution in [1.82, 2.24) is 9.88 Å². The number of rotatable bonds is 6. The number of aromatic nitrogens is 1. The largest absolute Gasteiger partial charge is 0.489 e. The van der Waals surface area contributed by atoms with E-state index in [1.807, 2.05) is 6.92 Å². The molecular weight excluding hydrogens is 304 g/mol. The van der Waals surface area contributed by atoms with Gasteiger partial charge in [-0.1, -0.05) is 17.7 Å². The molecule has 0 aliphatic carbocycles. The van der Waals surface area contributed by atoms with Crippen LogP contribution in [0.2, 0.25) is 5.02 Å². The van der Waals surface area contributed by atoms with Gasteiger partial charge in [-0.15, -0.1) is 0 Å². The molecule has 0 radical (unpaired) electrons. The van der Waals surface area contributed by atoms with E-state index in [2.05, 4.69) is 5.32 Å². The molecule has 116 valence electrons. The number of pyridine rings is 1. The minimum atomic E-state index is -0.236. The van der Waals surface area contributed by atoms with Gasteiger partial charge in [-0.25, -0.2) is 0 Å². The molecule has 1 atom stereocenters. The number of carbonyl (C=O) groups is 1. The average molecular weight is 321 g/mol. The molecule has 1 amide bonds. The van der Waals surface area contributed by atoms with Crippen molar-refractivity contribution < 1.29 is 9.53 Å². The Labute approximate surface area is 133 Å². The van der Waals surface area contributed by atoms with Gasteiger partial charge in [0.1, 0.15) is 18.4 Å². The summed E-state index contributed by atoms with van der Waals surface area (Å²) in [5, 5.41) is 3.38. The van der Waals surface area contributed by atoms with Crippen molar-refractivity contribution in [1.29, 1.82) is 0 Å². The zero-order valence-electron chi connectivity index (χ0n) is 12.2. The molecule has 0 saturated heterocycles. The van der Waals surface area contributed by atoms with Gasteiger partial charge >= 0.3 is 0 Å². The SMILES string of the molecule is C[C@H](CNC(=O)Cn1ccccc1=O)Oc1ccc(Cl)cc1. The number of ether oxygens (including phenoxy) is 1. The summed E-state index contributed by atoms with van der Waals surface area (Å²) in [7, 11) is 0. The van der Waals surface area contributed by atoms with Gasteiger partial charge in [0.2, 0.25) is 5.91 Å². The molecule has 0 spiro atoms. The van der Waals surface area contributed by atoms with E-state index in [1.165, 1.54) is 10.6 Å². The molecule has 1 N–H and O–H groups in total. The minimum Gasteiger partial charge on any atom is -0.489 e. The van der Waals surface area contributed by atoms with Gasteiger partial charge in [0.25, 0.3) is 5.56 Å². The summed E-state index contributed by atoms with van der Waals surface area (Å²) in [4.78, 5) is 23.3. The highest BCUT2D eigenvalue weighted by Gasteiger charge is 2.08. The number of halogens is 1. The predicted molar refractivity (Wildman–Crippen MR) is 85.3 cm³/mol. The van der Waals surface area contributed by atoms with E-state index in [-0.39, 0.29) is 24.1 Å². The van der Waals surface area contributed by atoms with Gasteiger partial charge in [0, 0.05) is 17.3 Å². The smallest absolute Gasteiger partial charge is 0.250 e. The van der Waals surface area contributed by atoms with E-state index in [4.69, 9.17) is 16.3 Å². The Morgan fingerprint density at radius 1 is 1.27 bits per heavy atom. The highest BCUT2D eigenvalue weighted by molar-refractivity contribution is 6.30. The third-order valence-electron chi connectivity index (χ3n) is 2.95. The van der Waals surface area contributed by atoms with Gasteiger partial charge < -0.3 is 14.6 Å². The number of hydrogen-bond acceptors (Lipinski definition) is 3. The standard InChI is InChI=1S/C16H17ClN2O3/c1-12(22-14-7-5-13(17)6-8-14)10-18-15(20)11-19-9-3-2-4-16(19)21/h2-9,12H,10-11H2,1H3,(H,18,20)/t12-/m1/s1. The summed E-state index contributed by atoms with van der Waals surface area (Å²) >= 11 is 5.80.